The lowest BCUT2D eigenvalue weighted by Crippen LogP contribution is -2.15. The minimum Gasteiger partial charge on any atom is -0.467 e. The van der Waals surface area contributed by atoms with Crippen molar-refractivity contribution < 1.29 is 9.53 Å². The van der Waals surface area contributed by atoms with Gasteiger partial charge in [-0.3, -0.25) is 9.59 Å². The van der Waals surface area contributed by atoms with Crippen LogP contribution in [-0.4, -0.2) is 33.2 Å². The van der Waals surface area contributed by atoms with Gasteiger partial charge in [-0.2, -0.15) is 10.1 Å². The molecule has 0 aliphatic heterocycles. The summed E-state index contributed by atoms with van der Waals surface area (Å²) in [5.41, 5.74) is 4.35. The summed E-state index contributed by atoms with van der Waals surface area (Å²) in [5.74, 6) is 0.199. The first-order valence-corrected chi connectivity index (χ1v) is 11.4. The number of nitrogens with one attached hydrogen (secondary N) is 3. The smallest absolute Gasteiger partial charge is 0.318 e. The van der Waals surface area contributed by atoms with Crippen LogP contribution in [0.2, 0.25) is 0 Å². The molecule has 9 nitrogen and oxygen atoms in total. The van der Waals surface area contributed by atoms with E-state index in [1.165, 1.54) is 13.3 Å². The van der Waals surface area contributed by atoms with E-state index in [-0.39, 0.29) is 23.0 Å². The fourth-order valence-electron chi connectivity index (χ4n) is 3.65. The standard InChI is InChI=1S/C27H28N6O3/c1-16-19(21-15-22(25(35)33-32-21)29-23-13-14-28-26(31-23)36-5)7-6-8-20(16)30-24(34)17-9-11-18(12-10-17)27(2,3)4/h6-15H,1-5H3,(H,30,34)(H,33,35)(H,28,29,31,32). The maximum absolute atomic E-state index is 12.9. The number of carbonyl (C=O) groups excluding carboxylic acids is 1. The first-order chi connectivity index (χ1) is 17.2. The fraction of sp³-hybridized carbons (Fsp3) is 0.222. The van der Waals surface area contributed by atoms with Crippen LogP contribution in [0.1, 0.15) is 42.3 Å². The van der Waals surface area contributed by atoms with E-state index in [4.69, 9.17) is 4.74 Å². The Hall–Kier alpha value is -4.53. The number of rotatable bonds is 6. The molecule has 4 rings (SSSR count). The van der Waals surface area contributed by atoms with Gasteiger partial charge in [-0.1, -0.05) is 45.0 Å². The van der Waals surface area contributed by atoms with E-state index in [1.54, 1.807) is 12.1 Å². The summed E-state index contributed by atoms with van der Waals surface area (Å²) in [4.78, 5) is 33.5. The molecule has 2 heterocycles. The SMILES string of the molecule is COc1nccc(Nc2cc(-c3cccc(NC(=O)c4ccc(C(C)(C)C)cc4)c3C)n[nH]c2=O)n1. The van der Waals surface area contributed by atoms with Crippen LogP contribution in [-0.2, 0) is 5.41 Å². The minimum atomic E-state index is -0.405. The Bertz CT molecular complexity index is 1460. The van der Waals surface area contributed by atoms with Crippen molar-refractivity contribution in [2.75, 3.05) is 17.7 Å². The molecule has 3 N–H and O–H groups in total. The molecule has 0 saturated heterocycles. The van der Waals surface area contributed by atoms with Crippen molar-refractivity contribution in [2.45, 2.75) is 33.1 Å². The molecule has 4 aromatic rings. The Kier molecular flexibility index (Phi) is 6.82. The van der Waals surface area contributed by atoms with Crippen molar-refractivity contribution in [1.82, 2.24) is 20.2 Å². The number of aromatic amines is 1. The number of hydrogen-bond donors (Lipinski definition) is 3. The number of ether oxygens (including phenoxy) is 1. The molecule has 0 unspecified atom stereocenters. The van der Waals surface area contributed by atoms with Crippen LogP contribution in [0.4, 0.5) is 17.2 Å². The highest BCUT2D eigenvalue weighted by molar-refractivity contribution is 6.05. The maximum atomic E-state index is 12.9. The number of benzene rings is 2. The molecule has 0 spiro atoms. The molecule has 0 saturated carbocycles. The molecule has 36 heavy (non-hydrogen) atoms. The summed E-state index contributed by atoms with van der Waals surface area (Å²) >= 11 is 0. The third-order valence-corrected chi connectivity index (χ3v) is 5.75. The largest absolute Gasteiger partial charge is 0.467 e. The Morgan fingerprint density at radius 2 is 1.78 bits per heavy atom. The van der Waals surface area contributed by atoms with Crippen LogP contribution in [0.5, 0.6) is 6.01 Å². The molecule has 0 aliphatic rings. The summed E-state index contributed by atoms with van der Waals surface area (Å²) in [6.45, 7) is 8.29. The van der Waals surface area contributed by atoms with Crippen molar-refractivity contribution in [3.05, 3.63) is 87.8 Å². The number of hydrogen-bond acceptors (Lipinski definition) is 7. The zero-order valence-corrected chi connectivity index (χ0v) is 20.8. The van der Waals surface area contributed by atoms with Gasteiger partial charge in [-0.05, 0) is 53.8 Å². The Morgan fingerprint density at radius 3 is 2.47 bits per heavy atom. The summed E-state index contributed by atoms with van der Waals surface area (Å²) < 4.78 is 5.03. The second kappa shape index (κ2) is 9.99. The van der Waals surface area contributed by atoms with Crippen LogP contribution in [0.25, 0.3) is 11.3 Å². The van der Waals surface area contributed by atoms with E-state index in [1.807, 2.05) is 49.4 Å². The first-order valence-electron chi connectivity index (χ1n) is 11.4. The number of carbonyl (C=O) groups is 1. The normalized spacial score (nSPS) is 11.1. The first kappa shape index (κ1) is 24.6. The minimum absolute atomic E-state index is 0.0107. The lowest BCUT2D eigenvalue weighted by atomic mass is 9.86. The Balaban J connectivity index is 1.59. The highest BCUT2D eigenvalue weighted by Gasteiger charge is 2.16. The van der Waals surface area contributed by atoms with Crippen LogP contribution in [0.15, 0.2) is 65.6 Å². The lowest BCUT2D eigenvalue weighted by Gasteiger charge is -2.19. The number of amides is 1. The van der Waals surface area contributed by atoms with E-state index < -0.39 is 5.56 Å². The highest BCUT2D eigenvalue weighted by Crippen LogP contribution is 2.29. The zero-order valence-electron chi connectivity index (χ0n) is 20.8. The molecule has 0 atom stereocenters. The number of H-pyrrole nitrogens is 1. The molecule has 2 aromatic heterocycles. The van der Waals surface area contributed by atoms with E-state index in [0.29, 0.717) is 22.8 Å². The van der Waals surface area contributed by atoms with Crippen molar-refractivity contribution in [1.29, 1.82) is 0 Å². The van der Waals surface area contributed by atoms with Gasteiger partial charge in [0.1, 0.15) is 11.5 Å². The average molecular weight is 485 g/mol. The number of methoxy groups -OCH3 is 1. The van der Waals surface area contributed by atoms with Gasteiger partial charge >= 0.3 is 6.01 Å². The molecule has 0 aliphatic carbocycles. The Morgan fingerprint density at radius 1 is 1.03 bits per heavy atom. The number of nitrogens with zero attached hydrogens (tertiary/aromatic N) is 3. The van der Waals surface area contributed by atoms with Gasteiger partial charge in [0.25, 0.3) is 11.5 Å². The molecular weight excluding hydrogens is 456 g/mol. The monoisotopic (exact) mass is 484 g/mol. The third kappa shape index (κ3) is 5.41. The van der Waals surface area contributed by atoms with Crippen LogP contribution in [0, 0.1) is 6.92 Å². The highest BCUT2D eigenvalue weighted by atomic mass is 16.5. The van der Waals surface area contributed by atoms with E-state index in [0.717, 1.165) is 16.7 Å². The summed E-state index contributed by atoms with van der Waals surface area (Å²) in [6, 6.07) is 16.6. The molecule has 184 valence electrons. The van der Waals surface area contributed by atoms with Crippen LogP contribution < -0.4 is 20.9 Å². The van der Waals surface area contributed by atoms with E-state index >= 15 is 0 Å². The predicted octanol–water partition coefficient (Wildman–Crippen LogP) is 4.84. The summed E-state index contributed by atoms with van der Waals surface area (Å²) in [6.07, 6.45) is 1.53. The van der Waals surface area contributed by atoms with Gasteiger partial charge in [0.2, 0.25) is 0 Å². The molecule has 0 bridgehead atoms. The number of anilines is 3. The molecule has 9 heteroatoms. The van der Waals surface area contributed by atoms with Crippen molar-refractivity contribution in [2.24, 2.45) is 0 Å². The second-order valence-corrected chi connectivity index (χ2v) is 9.31. The average Bonchev–Trinajstić information content (AvgIpc) is 2.86. The zero-order chi connectivity index (χ0) is 25.9. The molecule has 0 fully saturated rings. The number of aromatic nitrogens is 4. The van der Waals surface area contributed by atoms with Crippen LogP contribution in [0.3, 0.4) is 0 Å². The van der Waals surface area contributed by atoms with Crippen molar-refractivity contribution in [3.8, 4) is 17.3 Å². The quantitative estimate of drug-likeness (QED) is 0.358. The Labute approximate surface area is 209 Å². The van der Waals surface area contributed by atoms with Gasteiger partial charge in [0.05, 0.1) is 12.8 Å². The predicted molar refractivity (Wildman–Crippen MR) is 140 cm³/mol. The topological polar surface area (TPSA) is 122 Å². The van der Waals surface area contributed by atoms with E-state index in [9.17, 15) is 9.59 Å². The maximum Gasteiger partial charge on any atom is 0.318 e. The van der Waals surface area contributed by atoms with Gasteiger partial charge in [0, 0.05) is 23.0 Å². The van der Waals surface area contributed by atoms with Crippen molar-refractivity contribution in [3.63, 3.8) is 0 Å². The van der Waals surface area contributed by atoms with Gasteiger partial charge in [-0.15, -0.1) is 0 Å². The fourth-order valence-corrected chi connectivity index (χ4v) is 3.65. The third-order valence-electron chi connectivity index (χ3n) is 5.75. The second-order valence-electron chi connectivity index (χ2n) is 9.31. The van der Waals surface area contributed by atoms with Crippen molar-refractivity contribution >= 4 is 23.1 Å². The molecule has 0 radical (unpaired) electrons. The summed E-state index contributed by atoms with van der Waals surface area (Å²) in [5, 5.41) is 12.7. The van der Waals surface area contributed by atoms with E-state index in [2.05, 4.69) is 51.6 Å². The summed E-state index contributed by atoms with van der Waals surface area (Å²) in [7, 11) is 1.46. The molecule has 1 amide bonds. The van der Waals surface area contributed by atoms with Gasteiger partial charge in [0.15, 0.2) is 0 Å². The lowest BCUT2D eigenvalue weighted by molar-refractivity contribution is 0.102. The molecular formula is C27H28N6O3. The molecule has 2 aromatic carbocycles. The van der Waals surface area contributed by atoms with Gasteiger partial charge in [-0.25, -0.2) is 10.1 Å². The van der Waals surface area contributed by atoms with Gasteiger partial charge < -0.3 is 15.4 Å². The van der Waals surface area contributed by atoms with Crippen LogP contribution >= 0.6 is 0 Å².